The number of nitrogens with zero attached hydrogens (tertiary/aromatic N) is 4. The minimum Gasteiger partial charge on any atom is -0.322 e. The summed E-state index contributed by atoms with van der Waals surface area (Å²) in [6, 6.07) is 4.33. The van der Waals surface area contributed by atoms with Crippen LogP contribution in [0.3, 0.4) is 0 Å². The van der Waals surface area contributed by atoms with Gasteiger partial charge in [0.1, 0.15) is 0 Å². The summed E-state index contributed by atoms with van der Waals surface area (Å²) >= 11 is 1.48. The Bertz CT molecular complexity index is 667. The van der Waals surface area contributed by atoms with E-state index in [0.29, 0.717) is 11.2 Å². The van der Waals surface area contributed by atoms with Crippen molar-refractivity contribution >= 4 is 22.5 Å². The lowest BCUT2D eigenvalue weighted by molar-refractivity contribution is 0.119. The zero-order valence-corrected chi connectivity index (χ0v) is 14.9. The summed E-state index contributed by atoms with van der Waals surface area (Å²) in [5, 5.41) is 5.58. The minimum absolute atomic E-state index is 0.0549. The van der Waals surface area contributed by atoms with Gasteiger partial charge < -0.3 is 4.90 Å². The summed E-state index contributed by atoms with van der Waals surface area (Å²) in [5.41, 5.74) is 2.23. The van der Waals surface area contributed by atoms with Crippen molar-refractivity contribution in [2.75, 3.05) is 31.5 Å². The fourth-order valence-electron chi connectivity index (χ4n) is 2.84. The van der Waals surface area contributed by atoms with Gasteiger partial charge in [-0.05, 0) is 25.0 Å². The third kappa shape index (κ3) is 3.91. The SMILES string of the molecule is CCc1csc(NC(=O)N2CCN(C(C)c3cccnc3)CC2)n1. The number of anilines is 1. The van der Waals surface area contributed by atoms with E-state index in [4.69, 9.17) is 0 Å². The lowest BCUT2D eigenvalue weighted by atomic mass is 10.1. The van der Waals surface area contributed by atoms with E-state index in [2.05, 4.69) is 40.1 Å². The van der Waals surface area contributed by atoms with E-state index < -0.39 is 0 Å². The molecular weight excluding hydrogens is 322 g/mol. The third-order valence-electron chi connectivity index (χ3n) is 4.44. The Morgan fingerprint density at radius 2 is 2.17 bits per heavy atom. The second kappa shape index (κ2) is 7.72. The number of pyridine rings is 1. The molecule has 24 heavy (non-hydrogen) atoms. The Balaban J connectivity index is 1.52. The van der Waals surface area contributed by atoms with E-state index in [1.54, 1.807) is 6.20 Å². The van der Waals surface area contributed by atoms with Gasteiger partial charge in [-0.15, -0.1) is 11.3 Å². The molecule has 3 rings (SSSR count). The van der Waals surface area contributed by atoms with Crippen LogP contribution in [-0.4, -0.2) is 52.0 Å². The highest BCUT2D eigenvalue weighted by molar-refractivity contribution is 7.13. The predicted octanol–water partition coefficient (Wildman–Crippen LogP) is 3.01. The van der Waals surface area contributed by atoms with Crippen LogP contribution in [0.4, 0.5) is 9.93 Å². The van der Waals surface area contributed by atoms with Gasteiger partial charge in [-0.1, -0.05) is 13.0 Å². The van der Waals surface area contributed by atoms with Crippen LogP contribution in [0.1, 0.15) is 31.1 Å². The number of carbonyl (C=O) groups is 1. The number of aromatic nitrogens is 2. The van der Waals surface area contributed by atoms with Crippen LogP contribution >= 0.6 is 11.3 Å². The fraction of sp³-hybridized carbons (Fsp3) is 0.471. The molecule has 0 radical (unpaired) electrons. The first-order valence-electron chi connectivity index (χ1n) is 8.31. The summed E-state index contributed by atoms with van der Waals surface area (Å²) in [6.45, 7) is 7.42. The molecule has 2 amide bonds. The Kier molecular flexibility index (Phi) is 5.42. The number of rotatable bonds is 4. The van der Waals surface area contributed by atoms with Gasteiger partial charge in [-0.3, -0.25) is 15.2 Å². The van der Waals surface area contributed by atoms with Gasteiger partial charge in [0.2, 0.25) is 0 Å². The number of nitrogens with one attached hydrogen (secondary N) is 1. The first kappa shape index (κ1) is 16.9. The number of carbonyl (C=O) groups excluding carboxylic acids is 1. The predicted molar refractivity (Wildman–Crippen MR) is 96.3 cm³/mol. The number of amides is 2. The second-order valence-corrected chi connectivity index (χ2v) is 6.77. The summed E-state index contributed by atoms with van der Waals surface area (Å²) in [4.78, 5) is 25.2. The molecule has 0 aromatic carbocycles. The van der Waals surface area contributed by atoms with E-state index in [0.717, 1.165) is 38.3 Å². The fourth-order valence-corrected chi connectivity index (χ4v) is 3.63. The van der Waals surface area contributed by atoms with Crippen molar-refractivity contribution in [3.05, 3.63) is 41.2 Å². The van der Waals surface area contributed by atoms with Crippen molar-refractivity contribution in [1.29, 1.82) is 0 Å². The lowest BCUT2D eigenvalue weighted by Gasteiger charge is -2.37. The summed E-state index contributed by atoms with van der Waals surface area (Å²) < 4.78 is 0. The molecule has 0 bridgehead atoms. The maximum absolute atomic E-state index is 12.4. The Morgan fingerprint density at radius 3 is 2.79 bits per heavy atom. The Labute approximate surface area is 146 Å². The van der Waals surface area contributed by atoms with E-state index in [1.807, 2.05) is 22.5 Å². The van der Waals surface area contributed by atoms with Crippen molar-refractivity contribution in [3.63, 3.8) is 0 Å². The van der Waals surface area contributed by atoms with Gasteiger partial charge in [0.15, 0.2) is 5.13 Å². The lowest BCUT2D eigenvalue weighted by Crippen LogP contribution is -2.50. The first-order chi connectivity index (χ1) is 11.7. The summed E-state index contributed by atoms with van der Waals surface area (Å²) in [7, 11) is 0. The van der Waals surface area contributed by atoms with Gasteiger partial charge in [-0.25, -0.2) is 9.78 Å². The van der Waals surface area contributed by atoms with Crippen LogP contribution < -0.4 is 5.32 Å². The average molecular weight is 345 g/mol. The number of aryl methyl sites for hydroxylation is 1. The van der Waals surface area contributed by atoms with Gasteiger partial charge in [0.05, 0.1) is 5.69 Å². The van der Waals surface area contributed by atoms with Crippen LogP contribution in [0.25, 0.3) is 0 Å². The molecular formula is C17H23N5OS. The molecule has 1 saturated heterocycles. The van der Waals surface area contributed by atoms with Crippen molar-refractivity contribution in [1.82, 2.24) is 19.8 Å². The number of hydrogen-bond donors (Lipinski definition) is 1. The topological polar surface area (TPSA) is 61.4 Å². The number of hydrogen-bond acceptors (Lipinski definition) is 5. The summed E-state index contributed by atoms with van der Waals surface area (Å²) in [5.74, 6) is 0. The van der Waals surface area contributed by atoms with E-state index in [-0.39, 0.29) is 6.03 Å². The minimum atomic E-state index is -0.0549. The highest BCUT2D eigenvalue weighted by atomic mass is 32.1. The molecule has 7 heteroatoms. The quantitative estimate of drug-likeness (QED) is 0.925. The van der Waals surface area contributed by atoms with Crippen LogP contribution in [0.2, 0.25) is 0 Å². The molecule has 2 aromatic heterocycles. The largest absolute Gasteiger partial charge is 0.323 e. The Morgan fingerprint density at radius 1 is 1.38 bits per heavy atom. The molecule has 0 saturated carbocycles. The molecule has 6 nitrogen and oxygen atoms in total. The maximum atomic E-state index is 12.4. The van der Waals surface area contributed by atoms with Gasteiger partial charge >= 0.3 is 6.03 Å². The van der Waals surface area contributed by atoms with E-state index >= 15 is 0 Å². The smallest absolute Gasteiger partial charge is 0.322 e. The number of thiazole rings is 1. The molecule has 1 aliphatic heterocycles. The molecule has 1 aliphatic rings. The highest BCUT2D eigenvalue weighted by Crippen LogP contribution is 2.21. The van der Waals surface area contributed by atoms with Crippen LogP contribution in [0, 0.1) is 0 Å². The highest BCUT2D eigenvalue weighted by Gasteiger charge is 2.25. The van der Waals surface area contributed by atoms with Crippen molar-refractivity contribution in [2.24, 2.45) is 0 Å². The van der Waals surface area contributed by atoms with Gasteiger partial charge in [0, 0.05) is 50.0 Å². The van der Waals surface area contributed by atoms with Crippen LogP contribution in [0.15, 0.2) is 29.9 Å². The molecule has 0 aliphatic carbocycles. The number of piperazine rings is 1. The molecule has 1 atom stereocenters. The van der Waals surface area contributed by atoms with Crippen molar-refractivity contribution in [3.8, 4) is 0 Å². The zero-order valence-electron chi connectivity index (χ0n) is 14.1. The molecule has 0 spiro atoms. The molecule has 3 heterocycles. The second-order valence-electron chi connectivity index (χ2n) is 5.91. The maximum Gasteiger partial charge on any atom is 0.323 e. The number of urea groups is 1. The molecule has 2 aromatic rings. The monoisotopic (exact) mass is 345 g/mol. The molecule has 1 N–H and O–H groups in total. The standard InChI is InChI=1S/C17H23N5OS/c1-3-15-12-24-16(19-15)20-17(23)22-9-7-21(8-10-22)13(2)14-5-4-6-18-11-14/h4-6,11-13H,3,7-10H2,1-2H3,(H,19,20,23). The van der Waals surface area contributed by atoms with Crippen molar-refractivity contribution < 1.29 is 4.79 Å². The van der Waals surface area contributed by atoms with Crippen LogP contribution in [0.5, 0.6) is 0 Å². The molecule has 1 fully saturated rings. The molecule has 128 valence electrons. The molecule has 1 unspecified atom stereocenters. The first-order valence-corrected chi connectivity index (χ1v) is 9.19. The Hall–Kier alpha value is -1.99. The summed E-state index contributed by atoms with van der Waals surface area (Å²) in [6.07, 6.45) is 4.59. The average Bonchev–Trinajstić information content (AvgIpc) is 3.09. The van der Waals surface area contributed by atoms with Gasteiger partial charge in [0.25, 0.3) is 0 Å². The van der Waals surface area contributed by atoms with Crippen LogP contribution in [-0.2, 0) is 6.42 Å². The van der Waals surface area contributed by atoms with E-state index in [9.17, 15) is 4.79 Å². The van der Waals surface area contributed by atoms with E-state index in [1.165, 1.54) is 16.9 Å². The zero-order chi connectivity index (χ0) is 16.9. The third-order valence-corrected chi connectivity index (χ3v) is 5.25. The van der Waals surface area contributed by atoms with Crippen molar-refractivity contribution in [2.45, 2.75) is 26.3 Å². The normalized spacial score (nSPS) is 16.8. The van der Waals surface area contributed by atoms with Gasteiger partial charge in [-0.2, -0.15) is 0 Å².